The Balaban J connectivity index is 1.71. The van der Waals surface area contributed by atoms with Gasteiger partial charge in [0.05, 0.1) is 0 Å². The Labute approximate surface area is 160 Å². The number of fused-ring (bicyclic) bond motifs is 1. The molecule has 0 N–H and O–H groups in total. The monoisotopic (exact) mass is 436 g/mol. The van der Waals surface area contributed by atoms with Gasteiger partial charge in [-0.3, -0.25) is 0 Å². The number of hydrogen-bond donors (Lipinski definition) is 0. The second kappa shape index (κ2) is 7.98. The van der Waals surface area contributed by atoms with E-state index < -0.39 is 25.1 Å². The van der Waals surface area contributed by atoms with Crippen LogP contribution in [-0.4, -0.2) is 61.5 Å². The van der Waals surface area contributed by atoms with Gasteiger partial charge in [-0.2, -0.15) is 0 Å². The van der Waals surface area contributed by atoms with Crippen LogP contribution in [0.3, 0.4) is 0 Å². The van der Waals surface area contributed by atoms with Crippen molar-refractivity contribution in [3.63, 3.8) is 0 Å². The Morgan fingerprint density at radius 3 is 2.08 bits per heavy atom. The van der Waals surface area contributed by atoms with Gasteiger partial charge in [-0.05, 0) is 0 Å². The molecule has 0 bridgehead atoms. The zero-order valence-electron chi connectivity index (χ0n) is 16.3. The van der Waals surface area contributed by atoms with E-state index in [0.29, 0.717) is 6.61 Å². The Hall–Kier alpha value is 0.708. The average molecular weight is 436 g/mol. The summed E-state index contributed by atoms with van der Waals surface area (Å²) in [6.45, 7) is 13.0. The molecule has 0 saturated carbocycles. The van der Waals surface area contributed by atoms with E-state index in [-0.39, 0.29) is 29.9 Å². The predicted molar refractivity (Wildman–Crippen MR) is 101 cm³/mol. The van der Waals surface area contributed by atoms with Crippen molar-refractivity contribution in [2.45, 2.75) is 106 Å². The Morgan fingerprint density at radius 1 is 0.880 bits per heavy atom. The number of ether oxygens (including phenoxy) is 5. The van der Waals surface area contributed by atoms with E-state index in [1.165, 1.54) is 23.3 Å². The molecular formula is C18H33AsO5S. The number of hydrogen-bond acceptors (Lipinski definition) is 6. The minimum atomic E-state index is -0.959. The molecule has 0 aliphatic carbocycles. The standard InChI is InChI=1S/C18H33AsO5S/c1-7-9-19(10-8-2)25-16-15-14(23-18(5,6)24-15)13(21-16)12-11-20-17(3,4)22-12/h12-16H,7-11H2,1-6H3. The van der Waals surface area contributed by atoms with Crippen LogP contribution in [0.4, 0.5) is 0 Å². The zero-order chi connectivity index (χ0) is 18.2. The Kier molecular flexibility index (Phi) is 6.53. The first kappa shape index (κ1) is 20.4. The van der Waals surface area contributed by atoms with Crippen LogP contribution in [0, 0.1) is 0 Å². The summed E-state index contributed by atoms with van der Waals surface area (Å²) >= 11 is -0.959. The van der Waals surface area contributed by atoms with E-state index >= 15 is 0 Å². The zero-order valence-corrected chi connectivity index (χ0v) is 19.0. The summed E-state index contributed by atoms with van der Waals surface area (Å²) in [5.74, 6) is -1.11. The molecule has 0 aromatic rings. The van der Waals surface area contributed by atoms with Crippen molar-refractivity contribution in [1.29, 1.82) is 0 Å². The molecule has 3 heterocycles. The van der Waals surface area contributed by atoms with Crippen molar-refractivity contribution in [2.75, 3.05) is 6.61 Å². The molecule has 3 aliphatic rings. The van der Waals surface area contributed by atoms with Gasteiger partial charge in [-0.25, -0.2) is 0 Å². The van der Waals surface area contributed by atoms with Crippen LogP contribution in [0.25, 0.3) is 0 Å². The molecule has 5 unspecified atom stereocenters. The third-order valence-electron chi connectivity index (χ3n) is 4.64. The van der Waals surface area contributed by atoms with Gasteiger partial charge in [0.2, 0.25) is 0 Å². The average Bonchev–Trinajstić information content (AvgIpc) is 3.11. The molecule has 25 heavy (non-hydrogen) atoms. The molecular weight excluding hydrogens is 403 g/mol. The quantitative estimate of drug-likeness (QED) is 0.564. The first-order valence-corrected chi connectivity index (χ1v) is 15.3. The van der Waals surface area contributed by atoms with E-state index in [1.54, 1.807) is 0 Å². The van der Waals surface area contributed by atoms with Gasteiger partial charge in [0, 0.05) is 0 Å². The third kappa shape index (κ3) is 4.77. The van der Waals surface area contributed by atoms with Gasteiger partial charge in [0.1, 0.15) is 0 Å². The normalized spacial score (nSPS) is 39.2. The van der Waals surface area contributed by atoms with E-state index in [4.69, 9.17) is 23.7 Å². The van der Waals surface area contributed by atoms with Crippen molar-refractivity contribution in [3.8, 4) is 0 Å². The Morgan fingerprint density at radius 2 is 1.52 bits per heavy atom. The van der Waals surface area contributed by atoms with Gasteiger partial charge in [-0.15, -0.1) is 0 Å². The SMILES string of the molecule is CCC[As](CCC)SC1OC(C2COC(C)(C)O2)C2OC(C)(C)OC12. The van der Waals surface area contributed by atoms with Crippen molar-refractivity contribution < 1.29 is 23.7 Å². The van der Waals surface area contributed by atoms with Crippen LogP contribution in [0.2, 0.25) is 10.4 Å². The molecule has 3 fully saturated rings. The van der Waals surface area contributed by atoms with Crippen molar-refractivity contribution in [2.24, 2.45) is 0 Å². The number of rotatable bonds is 7. The van der Waals surface area contributed by atoms with Gasteiger partial charge >= 0.3 is 160 Å². The fourth-order valence-corrected chi connectivity index (χ4v) is 13.4. The van der Waals surface area contributed by atoms with E-state index in [0.717, 1.165) is 0 Å². The summed E-state index contributed by atoms with van der Waals surface area (Å²) in [7, 11) is 2.06. The van der Waals surface area contributed by atoms with Crippen LogP contribution in [0.5, 0.6) is 0 Å². The summed E-state index contributed by atoms with van der Waals surface area (Å²) in [6.07, 6.45) is 2.22. The van der Waals surface area contributed by atoms with Crippen molar-refractivity contribution >= 4 is 23.5 Å². The van der Waals surface area contributed by atoms with Crippen molar-refractivity contribution in [3.05, 3.63) is 0 Å². The summed E-state index contributed by atoms with van der Waals surface area (Å²) in [4.78, 5) is 0. The Bertz CT molecular complexity index is 455. The topological polar surface area (TPSA) is 46.2 Å². The van der Waals surface area contributed by atoms with Crippen LogP contribution in [0.1, 0.15) is 54.4 Å². The summed E-state index contributed by atoms with van der Waals surface area (Å²) in [5, 5.41) is 2.71. The van der Waals surface area contributed by atoms with Crippen LogP contribution >= 0.6 is 10.0 Å². The minimum absolute atomic E-state index is 0.0112. The summed E-state index contributed by atoms with van der Waals surface area (Å²) in [6, 6.07) is 0. The first-order valence-electron chi connectivity index (χ1n) is 9.49. The molecule has 0 aromatic heterocycles. The van der Waals surface area contributed by atoms with Gasteiger partial charge < -0.3 is 0 Å². The summed E-state index contributed by atoms with van der Waals surface area (Å²) < 4.78 is 30.8. The molecule has 7 heteroatoms. The fourth-order valence-electron chi connectivity index (χ4n) is 3.72. The van der Waals surface area contributed by atoms with Crippen LogP contribution in [0.15, 0.2) is 0 Å². The molecule has 0 spiro atoms. The molecule has 3 saturated heterocycles. The second-order valence-corrected chi connectivity index (χ2v) is 16.5. The van der Waals surface area contributed by atoms with Crippen LogP contribution in [-0.2, 0) is 23.7 Å². The summed E-state index contributed by atoms with van der Waals surface area (Å²) in [5.41, 5.74) is 0.0576. The third-order valence-corrected chi connectivity index (χ3v) is 14.6. The van der Waals surface area contributed by atoms with Gasteiger partial charge in [0.25, 0.3) is 0 Å². The predicted octanol–water partition coefficient (Wildman–Crippen LogP) is 3.93. The molecule has 0 aromatic carbocycles. The fraction of sp³-hybridized carbons (Fsp3) is 1.00. The van der Waals surface area contributed by atoms with Gasteiger partial charge in [0.15, 0.2) is 0 Å². The second-order valence-electron chi connectivity index (χ2n) is 7.94. The molecule has 0 radical (unpaired) electrons. The molecule has 0 amide bonds. The van der Waals surface area contributed by atoms with Crippen LogP contribution < -0.4 is 0 Å². The first-order chi connectivity index (χ1) is 11.7. The maximum absolute atomic E-state index is 6.47. The van der Waals surface area contributed by atoms with E-state index in [2.05, 4.69) is 23.9 Å². The van der Waals surface area contributed by atoms with Crippen molar-refractivity contribution in [1.82, 2.24) is 0 Å². The molecule has 5 atom stereocenters. The molecule has 3 rings (SSSR count). The van der Waals surface area contributed by atoms with E-state index in [1.807, 2.05) is 27.7 Å². The molecule has 146 valence electrons. The maximum atomic E-state index is 6.47. The molecule has 3 aliphatic heterocycles. The van der Waals surface area contributed by atoms with Gasteiger partial charge in [-0.1, -0.05) is 0 Å². The van der Waals surface area contributed by atoms with E-state index in [9.17, 15) is 0 Å². The molecule has 5 nitrogen and oxygen atoms in total.